The summed E-state index contributed by atoms with van der Waals surface area (Å²) in [5.74, 6) is 0.538. The average Bonchev–Trinajstić information content (AvgIpc) is 2.75. The number of rotatable bonds is 2. The van der Waals surface area contributed by atoms with Crippen molar-refractivity contribution in [3.63, 3.8) is 0 Å². The molecule has 1 fully saturated rings. The largest absolute Gasteiger partial charge is 0.359 e. The Labute approximate surface area is 111 Å². The molecule has 1 aliphatic heterocycles. The van der Waals surface area contributed by atoms with Crippen molar-refractivity contribution in [3.8, 4) is 11.3 Å². The van der Waals surface area contributed by atoms with E-state index in [1.165, 1.54) is 25.3 Å². The van der Waals surface area contributed by atoms with Gasteiger partial charge in [-0.05, 0) is 31.5 Å². The van der Waals surface area contributed by atoms with Crippen molar-refractivity contribution in [2.75, 3.05) is 6.54 Å². The topological polar surface area (TPSA) is 38.1 Å². The van der Waals surface area contributed by atoms with Crippen LogP contribution in [-0.4, -0.2) is 11.7 Å². The fourth-order valence-electron chi connectivity index (χ4n) is 2.52. The SMILES string of the molecule is Fc1ccccc1-c1cc(C2CCCCCN2)on1. The van der Waals surface area contributed by atoms with Crippen LogP contribution in [0.25, 0.3) is 11.3 Å². The molecular weight excluding hydrogens is 243 g/mol. The molecule has 3 rings (SSSR count). The van der Waals surface area contributed by atoms with Gasteiger partial charge in [0.05, 0.1) is 6.04 Å². The van der Waals surface area contributed by atoms with Crippen molar-refractivity contribution >= 4 is 0 Å². The molecule has 1 aromatic heterocycles. The molecule has 3 nitrogen and oxygen atoms in total. The Morgan fingerprint density at radius 2 is 2.11 bits per heavy atom. The van der Waals surface area contributed by atoms with Crippen LogP contribution in [-0.2, 0) is 0 Å². The van der Waals surface area contributed by atoms with Gasteiger partial charge in [-0.2, -0.15) is 0 Å². The van der Waals surface area contributed by atoms with Crippen LogP contribution in [0.2, 0.25) is 0 Å². The van der Waals surface area contributed by atoms with Crippen molar-refractivity contribution < 1.29 is 8.91 Å². The van der Waals surface area contributed by atoms with E-state index in [0.29, 0.717) is 11.3 Å². The second-order valence-corrected chi connectivity index (χ2v) is 4.95. The molecular formula is C15H17FN2O. The molecule has 2 aromatic rings. The number of halogens is 1. The van der Waals surface area contributed by atoms with Crippen LogP contribution in [0.1, 0.15) is 37.5 Å². The van der Waals surface area contributed by atoms with E-state index in [-0.39, 0.29) is 11.9 Å². The summed E-state index contributed by atoms with van der Waals surface area (Å²) in [6.45, 7) is 1.00. The standard InChI is InChI=1S/C15H17FN2O/c16-12-7-4-3-6-11(12)14-10-15(19-18-14)13-8-2-1-5-9-17-13/h3-4,6-7,10,13,17H,1-2,5,8-9H2. The number of hydrogen-bond donors (Lipinski definition) is 1. The van der Waals surface area contributed by atoms with Gasteiger partial charge in [-0.1, -0.05) is 30.1 Å². The van der Waals surface area contributed by atoms with E-state index in [4.69, 9.17) is 4.52 Å². The first-order valence-corrected chi connectivity index (χ1v) is 6.79. The molecule has 1 aromatic carbocycles. The van der Waals surface area contributed by atoms with Crippen molar-refractivity contribution in [2.24, 2.45) is 0 Å². The Bertz CT molecular complexity index is 545. The summed E-state index contributed by atoms with van der Waals surface area (Å²) in [6, 6.07) is 8.69. The first kappa shape index (κ1) is 12.4. The zero-order valence-electron chi connectivity index (χ0n) is 10.7. The van der Waals surface area contributed by atoms with Crippen molar-refractivity contribution in [3.05, 3.63) is 41.9 Å². The number of nitrogens with zero attached hydrogens (tertiary/aromatic N) is 1. The Hall–Kier alpha value is -1.68. The van der Waals surface area contributed by atoms with Crippen LogP contribution in [0.15, 0.2) is 34.9 Å². The Morgan fingerprint density at radius 3 is 3.00 bits per heavy atom. The zero-order valence-corrected chi connectivity index (χ0v) is 10.7. The molecule has 0 spiro atoms. The predicted octanol–water partition coefficient (Wildman–Crippen LogP) is 3.69. The highest BCUT2D eigenvalue weighted by Gasteiger charge is 2.19. The number of benzene rings is 1. The summed E-state index contributed by atoms with van der Waals surface area (Å²) < 4.78 is 19.1. The van der Waals surface area contributed by atoms with Crippen LogP contribution in [0.5, 0.6) is 0 Å². The third-order valence-electron chi connectivity index (χ3n) is 3.58. The van der Waals surface area contributed by atoms with Gasteiger partial charge < -0.3 is 9.84 Å². The molecule has 100 valence electrons. The van der Waals surface area contributed by atoms with Crippen LogP contribution in [0, 0.1) is 5.82 Å². The third-order valence-corrected chi connectivity index (χ3v) is 3.58. The fourth-order valence-corrected chi connectivity index (χ4v) is 2.52. The predicted molar refractivity (Wildman–Crippen MR) is 71.1 cm³/mol. The Morgan fingerprint density at radius 1 is 1.21 bits per heavy atom. The molecule has 1 atom stereocenters. The number of aromatic nitrogens is 1. The second kappa shape index (κ2) is 5.53. The zero-order chi connectivity index (χ0) is 13.1. The van der Waals surface area contributed by atoms with Gasteiger partial charge in [0, 0.05) is 11.6 Å². The normalized spacial score (nSPS) is 20.2. The number of nitrogens with one attached hydrogen (secondary N) is 1. The highest BCUT2D eigenvalue weighted by molar-refractivity contribution is 5.59. The van der Waals surface area contributed by atoms with Crippen molar-refractivity contribution in [1.29, 1.82) is 0 Å². The lowest BCUT2D eigenvalue weighted by Crippen LogP contribution is -2.19. The quantitative estimate of drug-likeness (QED) is 0.895. The lowest BCUT2D eigenvalue weighted by atomic mass is 10.1. The minimum Gasteiger partial charge on any atom is -0.359 e. The van der Waals surface area contributed by atoms with E-state index in [2.05, 4.69) is 10.5 Å². The molecule has 0 aliphatic carbocycles. The van der Waals surface area contributed by atoms with E-state index in [9.17, 15) is 4.39 Å². The molecule has 0 amide bonds. The summed E-state index contributed by atoms with van der Waals surface area (Å²) in [5.41, 5.74) is 1.06. The summed E-state index contributed by atoms with van der Waals surface area (Å²) >= 11 is 0. The van der Waals surface area contributed by atoms with Gasteiger partial charge in [-0.3, -0.25) is 0 Å². The lowest BCUT2D eigenvalue weighted by Gasteiger charge is -2.10. The van der Waals surface area contributed by atoms with Gasteiger partial charge in [0.15, 0.2) is 5.76 Å². The minimum absolute atomic E-state index is 0.204. The second-order valence-electron chi connectivity index (χ2n) is 4.95. The summed E-state index contributed by atoms with van der Waals surface area (Å²) in [5, 5.41) is 7.45. The highest BCUT2D eigenvalue weighted by atomic mass is 19.1. The first-order valence-electron chi connectivity index (χ1n) is 6.79. The van der Waals surface area contributed by atoms with Crippen LogP contribution in [0.3, 0.4) is 0 Å². The molecule has 0 bridgehead atoms. The van der Waals surface area contributed by atoms with Crippen LogP contribution in [0.4, 0.5) is 4.39 Å². The maximum Gasteiger partial charge on any atom is 0.154 e. The van der Waals surface area contributed by atoms with Gasteiger partial charge in [-0.25, -0.2) is 4.39 Å². The Kier molecular flexibility index (Phi) is 3.60. The molecule has 1 aliphatic rings. The van der Waals surface area contributed by atoms with Crippen molar-refractivity contribution in [1.82, 2.24) is 10.5 Å². The van der Waals surface area contributed by atoms with Gasteiger partial charge in [0.1, 0.15) is 11.5 Å². The van der Waals surface area contributed by atoms with E-state index >= 15 is 0 Å². The third kappa shape index (κ3) is 2.68. The molecule has 4 heteroatoms. The summed E-state index contributed by atoms with van der Waals surface area (Å²) in [6.07, 6.45) is 4.68. The Balaban J connectivity index is 1.85. The first-order chi connectivity index (χ1) is 9.34. The number of hydrogen-bond acceptors (Lipinski definition) is 3. The maximum absolute atomic E-state index is 13.7. The minimum atomic E-state index is -0.267. The molecule has 1 N–H and O–H groups in total. The molecule has 2 heterocycles. The van der Waals surface area contributed by atoms with Gasteiger partial charge in [0.2, 0.25) is 0 Å². The van der Waals surface area contributed by atoms with Gasteiger partial charge >= 0.3 is 0 Å². The van der Waals surface area contributed by atoms with Crippen LogP contribution >= 0.6 is 0 Å². The molecule has 1 unspecified atom stereocenters. The maximum atomic E-state index is 13.7. The van der Waals surface area contributed by atoms with Crippen LogP contribution < -0.4 is 5.32 Å². The lowest BCUT2D eigenvalue weighted by molar-refractivity contribution is 0.336. The monoisotopic (exact) mass is 260 g/mol. The fraction of sp³-hybridized carbons (Fsp3) is 0.400. The molecule has 0 saturated carbocycles. The summed E-state index contributed by atoms with van der Waals surface area (Å²) in [4.78, 5) is 0. The van der Waals surface area contributed by atoms with Gasteiger partial charge in [-0.15, -0.1) is 0 Å². The highest BCUT2D eigenvalue weighted by Crippen LogP contribution is 2.28. The van der Waals surface area contributed by atoms with E-state index in [1.54, 1.807) is 18.2 Å². The van der Waals surface area contributed by atoms with Gasteiger partial charge in [0.25, 0.3) is 0 Å². The molecule has 1 saturated heterocycles. The van der Waals surface area contributed by atoms with E-state index in [0.717, 1.165) is 18.7 Å². The molecule has 0 radical (unpaired) electrons. The average molecular weight is 260 g/mol. The van der Waals surface area contributed by atoms with E-state index in [1.807, 2.05) is 6.07 Å². The smallest absolute Gasteiger partial charge is 0.154 e. The summed E-state index contributed by atoms with van der Waals surface area (Å²) in [7, 11) is 0. The van der Waals surface area contributed by atoms with Crippen molar-refractivity contribution in [2.45, 2.75) is 31.7 Å². The van der Waals surface area contributed by atoms with E-state index < -0.39 is 0 Å². The molecule has 19 heavy (non-hydrogen) atoms.